The zero-order chi connectivity index (χ0) is 19.4. The van der Waals surface area contributed by atoms with Crippen LogP contribution in [0.3, 0.4) is 0 Å². The van der Waals surface area contributed by atoms with Crippen molar-refractivity contribution in [3.63, 3.8) is 0 Å². The molecule has 0 aliphatic carbocycles. The monoisotopic (exact) mass is 373 g/mol. The number of hydrogen-bond acceptors (Lipinski definition) is 1. The fraction of sp³-hybridized carbons (Fsp3) is 0.769. The molecule has 0 amide bonds. The van der Waals surface area contributed by atoms with E-state index in [1.54, 1.807) is 0 Å². The van der Waals surface area contributed by atoms with E-state index in [4.69, 9.17) is 0 Å². The van der Waals surface area contributed by atoms with Gasteiger partial charge in [0.15, 0.2) is 0 Å². The molecule has 1 aromatic carbocycles. The summed E-state index contributed by atoms with van der Waals surface area (Å²) >= 11 is 0. The molecule has 1 nitrogen and oxygen atoms in total. The van der Waals surface area contributed by atoms with Crippen molar-refractivity contribution in [2.45, 2.75) is 110 Å². The summed E-state index contributed by atoms with van der Waals surface area (Å²) in [6.07, 6.45) is 21.0. The molecule has 1 rings (SSSR count). The van der Waals surface area contributed by atoms with Gasteiger partial charge in [0.05, 0.1) is 0 Å². The van der Waals surface area contributed by atoms with Crippen molar-refractivity contribution in [3.8, 4) is 0 Å². The van der Waals surface area contributed by atoms with E-state index < -0.39 is 0 Å². The second-order valence-electron chi connectivity index (χ2n) is 8.32. The molecule has 0 saturated heterocycles. The van der Waals surface area contributed by atoms with Crippen molar-refractivity contribution in [2.75, 3.05) is 19.6 Å². The minimum atomic E-state index is 1.20. The molecule has 0 atom stereocenters. The van der Waals surface area contributed by atoms with E-state index in [1.165, 1.54) is 122 Å². The Kier molecular flexibility index (Phi) is 16.6. The Morgan fingerprint density at radius 1 is 0.519 bits per heavy atom. The summed E-state index contributed by atoms with van der Waals surface area (Å²) in [5, 5.41) is 0. The Bertz CT molecular complexity index is 382. The quantitative estimate of drug-likeness (QED) is 0.222. The smallest absolute Gasteiger partial charge is 0.00218 e. The van der Waals surface area contributed by atoms with Crippen LogP contribution in [0, 0.1) is 0 Å². The minimum absolute atomic E-state index is 1.20. The summed E-state index contributed by atoms with van der Waals surface area (Å²) in [6, 6.07) is 11.0. The first-order valence-corrected chi connectivity index (χ1v) is 12.1. The van der Waals surface area contributed by atoms with Crippen molar-refractivity contribution >= 4 is 0 Å². The molecule has 1 heteroatoms. The average molecular weight is 374 g/mol. The van der Waals surface area contributed by atoms with Crippen LogP contribution in [0.5, 0.6) is 0 Å². The number of hydrogen-bond donors (Lipinski definition) is 0. The van der Waals surface area contributed by atoms with Crippen molar-refractivity contribution in [1.82, 2.24) is 4.90 Å². The third-order valence-corrected chi connectivity index (χ3v) is 5.72. The highest BCUT2D eigenvalue weighted by atomic mass is 15.1. The fourth-order valence-corrected chi connectivity index (χ4v) is 3.85. The maximum atomic E-state index is 2.74. The van der Waals surface area contributed by atoms with Crippen molar-refractivity contribution in [2.24, 2.45) is 0 Å². The van der Waals surface area contributed by atoms with Crippen molar-refractivity contribution in [3.05, 3.63) is 35.9 Å². The van der Waals surface area contributed by atoms with Crippen LogP contribution in [0.1, 0.15) is 109 Å². The molecule has 27 heavy (non-hydrogen) atoms. The first-order valence-electron chi connectivity index (χ1n) is 12.1. The number of unbranched alkanes of at least 4 members (excludes halogenated alkanes) is 12. The number of rotatable bonds is 19. The van der Waals surface area contributed by atoms with E-state index in [1.807, 2.05) is 0 Å². The van der Waals surface area contributed by atoms with Gasteiger partial charge in [-0.25, -0.2) is 0 Å². The third kappa shape index (κ3) is 14.9. The molecule has 0 aliphatic heterocycles. The van der Waals surface area contributed by atoms with Crippen LogP contribution in [0.15, 0.2) is 30.3 Å². The van der Waals surface area contributed by atoms with Gasteiger partial charge >= 0.3 is 0 Å². The topological polar surface area (TPSA) is 3.24 Å². The lowest BCUT2D eigenvalue weighted by molar-refractivity contribution is 0.263. The molecule has 0 spiro atoms. The van der Waals surface area contributed by atoms with Crippen LogP contribution >= 0.6 is 0 Å². The highest BCUT2D eigenvalue weighted by Crippen LogP contribution is 2.11. The second kappa shape index (κ2) is 18.5. The largest absolute Gasteiger partial charge is 0.303 e. The highest BCUT2D eigenvalue weighted by molar-refractivity contribution is 5.14. The average Bonchev–Trinajstić information content (AvgIpc) is 2.70. The molecule has 0 aromatic heterocycles. The van der Waals surface area contributed by atoms with Crippen LogP contribution in [0.25, 0.3) is 0 Å². The lowest BCUT2D eigenvalue weighted by atomic mass is 10.1. The maximum absolute atomic E-state index is 2.74. The van der Waals surface area contributed by atoms with Crippen molar-refractivity contribution < 1.29 is 0 Å². The number of benzene rings is 1. The van der Waals surface area contributed by atoms with Gasteiger partial charge in [0, 0.05) is 6.54 Å². The Morgan fingerprint density at radius 2 is 0.963 bits per heavy atom. The SMILES string of the molecule is CCCCCCCCCN(CCCCCCCCC)CCc1ccccc1. The minimum Gasteiger partial charge on any atom is -0.303 e. The van der Waals surface area contributed by atoms with Gasteiger partial charge in [0.1, 0.15) is 0 Å². The van der Waals surface area contributed by atoms with Gasteiger partial charge in [-0.05, 0) is 37.9 Å². The molecule has 0 aliphatic rings. The van der Waals surface area contributed by atoms with E-state index in [2.05, 4.69) is 49.1 Å². The van der Waals surface area contributed by atoms with Gasteiger partial charge in [-0.2, -0.15) is 0 Å². The zero-order valence-corrected chi connectivity index (χ0v) is 18.6. The maximum Gasteiger partial charge on any atom is 0.00218 e. The summed E-state index contributed by atoms with van der Waals surface area (Å²) in [4.78, 5) is 2.74. The van der Waals surface area contributed by atoms with Crippen LogP contribution < -0.4 is 0 Å². The van der Waals surface area contributed by atoms with Gasteiger partial charge in [-0.1, -0.05) is 121 Å². The molecule has 0 saturated carbocycles. The molecule has 0 unspecified atom stereocenters. The fourth-order valence-electron chi connectivity index (χ4n) is 3.85. The molecule has 0 radical (unpaired) electrons. The van der Waals surface area contributed by atoms with Gasteiger partial charge in [-0.3, -0.25) is 0 Å². The molecular weight excluding hydrogens is 326 g/mol. The predicted octanol–water partition coefficient (Wildman–Crippen LogP) is 8.03. The lowest BCUT2D eigenvalue weighted by Gasteiger charge is -2.22. The van der Waals surface area contributed by atoms with Crippen LogP contribution in [0.2, 0.25) is 0 Å². The molecule has 156 valence electrons. The molecule has 0 bridgehead atoms. The summed E-state index contributed by atoms with van der Waals surface area (Å²) in [5.74, 6) is 0. The van der Waals surface area contributed by atoms with E-state index in [-0.39, 0.29) is 0 Å². The summed E-state index contributed by atoms with van der Waals surface area (Å²) in [5.41, 5.74) is 1.49. The van der Waals surface area contributed by atoms with Crippen LogP contribution in [-0.4, -0.2) is 24.5 Å². The summed E-state index contributed by atoms with van der Waals surface area (Å²) in [7, 11) is 0. The Labute approximate surface area is 170 Å². The zero-order valence-electron chi connectivity index (χ0n) is 18.6. The van der Waals surface area contributed by atoms with Gasteiger partial charge in [0.25, 0.3) is 0 Å². The van der Waals surface area contributed by atoms with Crippen molar-refractivity contribution in [1.29, 1.82) is 0 Å². The van der Waals surface area contributed by atoms with E-state index >= 15 is 0 Å². The summed E-state index contributed by atoms with van der Waals surface area (Å²) in [6.45, 7) is 8.44. The number of nitrogens with zero attached hydrogens (tertiary/aromatic N) is 1. The highest BCUT2D eigenvalue weighted by Gasteiger charge is 2.05. The lowest BCUT2D eigenvalue weighted by Crippen LogP contribution is -2.28. The molecule has 0 N–H and O–H groups in total. The van der Waals surface area contributed by atoms with Crippen LogP contribution in [0.4, 0.5) is 0 Å². The first kappa shape index (κ1) is 24.2. The Morgan fingerprint density at radius 3 is 1.44 bits per heavy atom. The molecule has 1 aromatic rings. The second-order valence-corrected chi connectivity index (χ2v) is 8.32. The Hall–Kier alpha value is -0.820. The predicted molar refractivity (Wildman–Crippen MR) is 123 cm³/mol. The third-order valence-electron chi connectivity index (χ3n) is 5.72. The first-order chi connectivity index (χ1) is 13.4. The normalized spacial score (nSPS) is 11.4. The van der Waals surface area contributed by atoms with Gasteiger partial charge < -0.3 is 4.90 Å². The molecule has 0 fully saturated rings. The van der Waals surface area contributed by atoms with E-state index in [0.717, 1.165) is 0 Å². The van der Waals surface area contributed by atoms with Gasteiger partial charge in [0.2, 0.25) is 0 Å². The molecular formula is C26H47N. The Balaban J connectivity index is 2.20. The van der Waals surface area contributed by atoms with E-state index in [0.29, 0.717) is 0 Å². The standard InChI is InChI=1S/C26H47N/c1-3-5-7-9-11-13-18-23-27(24-19-14-12-10-8-6-4-2)25-22-26-20-16-15-17-21-26/h15-17,20-21H,3-14,18-19,22-25H2,1-2H3. The van der Waals surface area contributed by atoms with Crippen LogP contribution in [-0.2, 0) is 6.42 Å². The summed E-state index contributed by atoms with van der Waals surface area (Å²) < 4.78 is 0. The molecule has 0 heterocycles. The van der Waals surface area contributed by atoms with E-state index in [9.17, 15) is 0 Å². The van der Waals surface area contributed by atoms with Gasteiger partial charge in [-0.15, -0.1) is 0 Å².